The van der Waals surface area contributed by atoms with Gasteiger partial charge in [0.2, 0.25) is 0 Å². The van der Waals surface area contributed by atoms with E-state index >= 15 is 0 Å². The average molecular weight is 228 g/mol. The highest BCUT2D eigenvalue weighted by Gasteiger charge is 2.14. The van der Waals surface area contributed by atoms with Crippen LogP contribution in [0.2, 0.25) is 5.02 Å². The van der Waals surface area contributed by atoms with Crippen molar-refractivity contribution in [2.45, 2.75) is 6.43 Å². The Labute approximate surface area is 90.7 Å². The minimum absolute atomic E-state index is 0.0122. The lowest BCUT2D eigenvalue weighted by molar-refractivity contribution is 0.152. The number of rotatable bonds is 2. The molecule has 2 aromatic rings. The van der Waals surface area contributed by atoms with Crippen LogP contribution in [0.4, 0.5) is 8.78 Å². The molecule has 0 spiro atoms. The summed E-state index contributed by atoms with van der Waals surface area (Å²) in [5, 5.41) is 0.448. The average Bonchev–Trinajstić information content (AvgIpc) is 2.69. The first kappa shape index (κ1) is 10.2. The van der Waals surface area contributed by atoms with Gasteiger partial charge in [0.1, 0.15) is 0 Å². The van der Waals surface area contributed by atoms with Gasteiger partial charge in [0.25, 0.3) is 6.43 Å². The summed E-state index contributed by atoms with van der Waals surface area (Å²) in [5.74, 6) is 0. The molecule has 2 rings (SSSR count). The zero-order valence-corrected chi connectivity index (χ0v) is 8.43. The number of H-pyrrole nitrogens is 1. The third-order valence-electron chi connectivity index (χ3n) is 2.14. The van der Waals surface area contributed by atoms with Crippen LogP contribution in [0, 0.1) is 0 Å². The zero-order chi connectivity index (χ0) is 10.8. The number of hydrogen-bond donors (Lipinski definition) is 1. The number of halogens is 3. The van der Waals surface area contributed by atoms with E-state index in [9.17, 15) is 8.78 Å². The highest BCUT2D eigenvalue weighted by molar-refractivity contribution is 6.30. The molecule has 78 valence electrons. The highest BCUT2D eigenvalue weighted by Crippen LogP contribution is 2.32. The van der Waals surface area contributed by atoms with Gasteiger partial charge in [-0.25, -0.2) is 8.78 Å². The van der Waals surface area contributed by atoms with Gasteiger partial charge in [-0.3, -0.25) is 0 Å². The van der Waals surface area contributed by atoms with Gasteiger partial charge in [0.05, 0.1) is 0 Å². The molecule has 0 fully saturated rings. The van der Waals surface area contributed by atoms with Crippen LogP contribution in [0.25, 0.3) is 11.3 Å². The van der Waals surface area contributed by atoms with Crippen LogP contribution >= 0.6 is 11.6 Å². The lowest BCUT2D eigenvalue weighted by atomic mass is 10.1. The molecule has 1 nitrogen and oxygen atoms in total. The van der Waals surface area contributed by atoms with Gasteiger partial charge in [-0.1, -0.05) is 17.7 Å². The Balaban J connectivity index is 2.58. The summed E-state index contributed by atoms with van der Waals surface area (Å²) in [6.07, 6.45) is -0.813. The summed E-state index contributed by atoms with van der Waals surface area (Å²) >= 11 is 5.78. The smallest absolute Gasteiger partial charge is 0.264 e. The summed E-state index contributed by atoms with van der Waals surface area (Å²) < 4.78 is 25.4. The molecule has 0 bridgehead atoms. The maximum atomic E-state index is 12.7. The first-order valence-corrected chi connectivity index (χ1v) is 4.77. The standard InChI is InChI=1S/C11H8ClF2N/c12-7-3-4-8(11(13)14)9(6-7)10-2-1-5-15-10/h1-6,11,15H. The van der Waals surface area contributed by atoms with Crippen LogP contribution in [-0.4, -0.2) is 4.98 Å². The van der Waals surface area contributed by atoms with Crippen LogP contribution in [0.3, 0.4) is 0 Å². The van der Waals surface area contributed by atoms with Gasteiger partial charge in [-0.2, -0.15) is 0 Å². The number of nitrogens with one attached hydrogen (secondary N) is 1. The summed E-state index contributed by atoms with van der Waals surface area (Å²) in [6.45, 7) is 0. The second kappa shape index (κ2) is 4.03. The second-order valence-electron chi connectivity index (χ2n) is 3.12. The molecule has 0 radical (unpaired) electrons. The van der Waals surface area contributed by atoms with Crippen molar-refractivity contribution < 1.29 is 8.78 Å². The Morgan fingerprint density at radius 1 is 1.20 bits per heavy atom. The molecule has 1 heterocycles. The van der Waals surface area contributed by atoms with Crippen LogP contribution in [0.15, 0.2) is 36.5 Å². The normalized spacial score (nSPS) is 10.9. The highest BCUT2D eigenvalue weighted by atomic mass is 35.5. The van der Waals surface area contributed by atoms with E-state index < -0.39 is 6.43 Å². The zero-order valence-electron chi connectivity index (χ0n) is 7.68. The molecule has 1 N–H and O–H groups in total. The van der Waals surface area contributed by atoms with Gasteiger partial charge < -0.3 is 4.98 Å². The second-order valence-corrected chi connectivity index (χ2v) is 3.55. The molecule has 0 aliphatic heterocycles. The molecule has 0 aliphatic rings. The van der Waals surface area contributed by atoms with Gasteiger partial charge in [-0.05, 0) is 24.3 Å². The van der Waals surface area contributed by atoms with Crippen LogP contribution in [-0.2, 0) is 0 Å². The molecule has 15 heavy (non-hydrogen) atoms. The first-order chi connectivity index (χ1) is 7.18. The van der Waals surface area contributed by atoms with Crippen molar-refractivity contribution in [3.63, 3.8) is 0 Å². The van der Waals surface area contributed by atoms with Gasteiger partial charge in [-0.15, -0.1) is 0 Å². The molecule has 0 atom stereocenters. The molecule has 0 amide bonds. The number of hydrogen-bond acceptors (Lipinski definition) is 0. The van der Waals surface area contributed by atoms with Crippen molar-refractivity contribution in [3.05, 3.63) is 47.1 Å². The Bertz CT molecular complexity index is 452. The van der Waals surface area contributed by atoms with Crippen molar-refractivity contribution >= 4 is 11.6 Å². The topological polar surface area (TPSA) is 15.8 Å². The number of aromatic amines is 1. The van der Waals surface area contributed by atoms with E-state index in [1.54, 1.807) is 18.3 Å². The quantitative estimate of drug-likeness (QED) is 0.789. The molecule has 0 unspecified atom stereocenters. The maximum Gasteiger partial charge on any atom is 0.264 e. The van der Waals surface area contributed by atoms with Crippen molar-refractivity contribution in [2.75, 3.05) is 0 Å². The largest absolute Gasteiger partial charge is 0.361 e. The van der Waals surface area contributed by atoms with Crippen molar-refractivity contribution in [1.29, 1.82) is 0 Å². The molecule has 0 saturated carbocycles. The SMILES string of the molecule is FC(F)c1ccc(Cl)cc1-c1ccc[nH]1. The van der Waals surface area contributed by atoms with E-state index in [1.807, 2.05) is 0 Å². The summed E-state index contributed by atoms with van der Waals surface area (Å²) in [6, 6.07) is 7.84. The lowest BCUT2D eigenvalue weighted by Gasteiger charge is -2.07. The number of benzene rings is 1. The monoisotopic (exact) mass is 227 g/mol. The van der Waals surface area contributed by atoms with Gasteiger partial charge in [0, 0.05) is 28.0 Å². The van der Waals surface area contributed by atoms with Gasteiger partial charge in [0.15, 0.2) is 0 Å². The van der Waals surface area contributed by atoms with Crippen molar-refractivity contribution in [3.8, 4) is 11.3 Å². The fourth-order valence-corrected chi connectivity index (χ4v) is 1.62. The number of aromatic nitrogens is 1. The van der Waals surface area contributed by atoms with E-state index in [0.29, 0.717) is 16.3 Å². The fourth-order valence-electron chi connectivity index (χ4n) is 1.45. The van der Waals surface area contributed by atoms with Crippen molar-refractivity contribution in [2.24, 2.45) is 0 Å². The predicted octanol–water partition coefficient (Wildman–Crippen LogP) is 4.27. The van der Waals surface area contributed by atoms with E-state index in [1.165, 1.54) is 18.2 Å². The van der Waals surface area contributed by atoms with Crippen LogP contribution in [0.1, 0.15) is 12.0 Å². The lowest BCUT2D eigenvalue weighted by Crippen LogP contribution is -1.90. The van der Waals surface area contributed by atoms with Gasteiger partial charge >= 0.3 is 0 Å². The molecule has 0 saturated heterocycles. The van der Waals surface area contributed by atoms with E-state index in [2.05, 4.69) is 4.98 Å². The fraction of sp³-hybridized carbons (Fsp3) is 0.0909. The molecular weight excluding hydrogens is 220 g/mol. The Morgan fingerprint density at radius 3 is 2.60 bits per heavy atom. The van der Waals surface area contributed by atoms with Crippen LogP contribution < -0.4 is 0 Å². The van der Waals surface area contributed by atoms with E-state index in [0.717, 1.165) is 0 Å². The number of alkyl halides is 2. The van der Waals surface area contributed by atoms with E-state index in [4.69, 9.17) is 11.6 Å². The molecule has 4 heteroatoms. The molecule has 1 aromatic carbocycles. The summed E-state index contributed by atoms with van der Waals surface area (Å²) in [5.41, 5.74) is 1.08. The molecule has 1 aromatic heterocycles. The van der Waals surface area contributed by atoms with Crippen molar-refractivity contribution in [1.82, 2.24) is 4.98 Å². The molecule has 0 aliphatic carbocycles. The summed E-state index contributed by atoms with van der Waals surface area (Å²) in [4.78, 5) is 2.88. The Kier molecular flexibility index (Phi) is 2.73. The minimum Gasteiger partial charge on any atom is -0.361 e. The third kappa shape index (κ3) is 2.02. The maximum absolute atomic E-state index is 12.7. The van der Waals surface area contributed by atoms with Crippen LogP contribution in [0.5, 0.6) is 0 Å². The molecular formula is C11H8ClF2N. The Hall–Kier alpha value is -1.35. The third-order valence-corrected chi connectivity index (χ3v) is 2.37. The summed E-state index contributed by atoms with van der Waals surface area (Å²) in [7, 11) is 0. The Morgan fingerprint density at radius 2 is 2.00 bits per heavy atom. The minimum atomic E-state index is -2.50. The first-order valence-electron chi connectivity index (χ1n) is 4.40. The predicted molar refractivity (Wildman–Crippen MR) is 56.2 cm³/mol. The van der Waals surface area contributed by atoms with E-state index in [-0.39, 0.29) is 5.56 Å².